The number of hydrogen-bond donors (Lipinski definition) is 1. The van der Waals surface area contributed by atoms with E-state index < -0.39 is 23.3 Å². The van der Waals surface area contributed by atoms with Crippen LogP contribution in [-0.4, -0.2) is 26.0 Å². The van der Waals surface area contributed by atoms with Crippen LogP contribution in [0.25, 0.3) is 0 Å². The Labute approximate surface area is 229 Å². The van der Waals surface area contributed by atoms with E-state index in [-0.39, 0.29) is 10.5 Å². The minimum atomic E-state index is -4.27. The maximum atomic E-state index is 11.0. The van der Waals surface area contributed by atoms with Crippen molar-refractivity contribution in [2.24, 2.45) is 0 Å². The Kier molecular flexibility index (Phi) is 9.05. The Morgan fingerprint density at radius 2 is 0.949 bits per heavy atom. The molecule has 0 aromatic heterocycles. The average Bonchev–Trinajstić information content (AvgIpc) is 2.99. The molecule has 0 bridgehead atoms. The fraction of sp³-hybridized carbons (Fsp3) is 0.0312. The van der Waals surface area contributed by atoms with Crippen LogP contribution >= 0.6 is 7.26 Å². The number of carbonyl (C=O) groups excluding carboxylic acids is 1. The van der Waals surface area contributed by atoms with Crippen molar-refractivity contribution in [3.05, 3.63) is 151 Å². The number of esters is 1. The van der Waals surface area contributed by atoms with Gasteiger partial charge in [0, 0.05) is 0 Å². The van der Waals surface area contributed by atoms with Gasteiger partial charge >= 0.3 is 156 Å². The second kappa shape index (κ2) is 12.6. The molecule has 0 saturated heterocycles. The zero-order chi connectivity index (χ0) is 27.7. The van der Waals surface area contributed by atoms with E-state index >= 15 is 0 Å². The van der Waals surface area contributed by atoms with Crippen LogP contribution in [0.15, 0.2) is 150 Å². The zero-order valence-corrected chi connectivity index (χ0v) is 23.2. The van der Waals surface area contributed by atoms with Gasteiger partial charge in [0.1, 0.15) is 0 Å². The molecule has 0 saturated carbocycles. The van der Waals surface area contributed by atoms with Crippen molar-refractivity contribution in [3.8, 4) is 0 Å². The van der Waals surface area contributed by atoms with Crippen LogP contribution in [0.5, 0.6) is 0 Å². The quantitative estimate of drug-likeness (QED) is 0.185. The van der Waals surface area contributed by atoms with Gasteiger partial charge in [-0.15, -0.1) is 0 Å². The first-order valence-electron chi connectivity index (χ1n) is 12.3. The molecule has 0 radical (unpaired) electrons. The average molecular weight is 557 g/mol. The molecule has 0 atom stereocenters. The van der Waals surface area contributed by atoms with E-state index in [2.05, 4.69) is 126 Å². The second-order valence-electron chi connectivity index (χ2n) is 8.71. The molecule has 0 heterocycles. The van der Waals surface area contributed by atoms with E-state index in [0.29, 0.717) is 0 Å². The summed E-state index contributed by atoms with van der Waals surface area (Å²) in [5.74, 6) is -0.657. The molecular weight excluding hydrogens is 527 g/mol. The van der Waals surface area contributed by atoms with E-state index in [9.17, 15) is 13.2 Å². The molecule has 0 aliphatic carbocycles. The molecule has 5 aromatic rings. The summed E-state index contributed by atoms with van der Waals surface area (Å²) in [7, 11) is -5.39. The Morgan fingerprint density at radius 1 is 0.590 bits per heavy atom. The van der Waals surface area contributed by atoms with Crippen LogP contribution in [0.3, 0.4) is 0 Å². The first kappa shape index (κ1) is 27.9. The van der Waals surface area contributed by atoms with Crippen molar-refractivity contribution in [2.75, 3.05) is 7.11 Å². The standard InChI is InChI=1S/C24H21P.C8H8O5S/c1-5-13-21(14-6-1)25(22-15-7-2-8-16-22,23-17-9-3-10-18-23)24-19-11-4-12-20-24;1-13-8(9)6-3-2-4-7(5-6)14(10,11)12/h1-20,25H;2-5H,1H3,(H,10,11,12). The van der Waals surface area contributed by atoms with Crippen LogP contribution in [0.4, 0.5) is 0 Å². The third-order valence-electron chi connectivity index (χ3n) is 6.38. The fourth-order valence-electron chi connectivity index (χ4n) is 4.65. The molecule has 0 aliphatic rings. The summed E-state index contributed by atoms with van der Waals surface area (Å²) in [6, 6.07) is 49.0. The van der Waals surface area contributed by atoms with Crippen molar-refractivity contribution in [3.63, 3.8) is 0 Å². The molecule has 198 valence electrons. The van der Waals surface area contributed by atoms with Crippen LogP contribution in [0.1, 0.15) is 10.4 Å². The summed E-state index contributed by atoms with van der Waals surface area (Å²) in [5.41, 5.74) is 0.0719. The van der Waals surface area contributed by atoms with Gasteiger partial charge in [-0.25, -0.2) is 4.79 Å². The van der Waals surface area contributed by atoms with Crippen LogP contribution < -0.4 is 21.2 Å². The van der Waals surface area contributed by atoms with E-state index in [0.717, 1.165) is 6.07 Å². The number of ether oxygens (including phenoxy) is 1. The summed E-state index contributed by atoms with van der Waals surface area (Å²) >= 11 is 0. The van der Waals surface area contributed by atoms with Gasteiger partial charge in [0.15, 0.2) is 0 Å². The Bertz CT molecular complexity index is 1450. The number of benzene rings is 5. The third-order valence-corrected chi connectivity index (χ3v) is 12.0. The van der Waals surface area contributed by atoms with Gasteiger partial charge in [0.2, 0.25) is 0 Å². The number of hydrogen-bond acceptors (Lipinski definition) is 4. The van der Waals surface area contributed by atoms with Gasteiger partial charge in [-0.1, -0.05) is 6.07 Å². The zero-order valence-electron chi connectivity index (χ0n) is 21.3. The van der Waals surface area contributed by atoms with E-state index in [1.54, 1.807) is 0 Å². The normalized spacial score (nSPS) is 11.5. The summed E-state index contributed by atoms with van der Waals surface area (Å²) in [4.78, 5) is 10.7. The maximum absolute atomic E-state index is 11.0. The van der Waals surface area contributed by atoms with Crippen LogP contribution in [-0.2, 0) is 14.9 Å². The Balaban J connectivity index is 0.000000215. The van der Waals surface area contributed by atoms with Gasteiger partial charge in [-0.2, -0.15) is 8.42 Å². The number of carbonyl (C=O) groups is 1. The van der Waals surface area contributed by atoms with Crippen molar-refractivity contribution in [1.82, 2.24) is 0 Å². The SMILES string of the molecule is COC(=O)c1cccc(S(=O)(=O)O)c1.c1ccc([PH](c2ccccc2)(c2ccccc2)c2ccccc2)cc1. The monoisotopic (exact) mass is 556 g/mol. The van der Waals surface area contributed by atoms with Gasteiger partial charge in [-0.3, -0.25) is 4.55 Å². The molecule has 0 aliphatic heterocycles. The van der Waals surface area contributed by atoms with Gasteiger partial charge in [-0.05, 0) is 18.2 Å². The summed E-state index contributed by atoms with van der Waals surface area (Å²) < 4.78 is 34.5. The second-order valence-corrected chi connectivity index (χ2v) is 13.9. The predicted molar refractivity (Wildman–Crippen MR) is 160 cm³/mol. The number of methoxy groups -OCH3 is 1. The van der Waals surface area contributed by atoms with Crippen molar-refractivity contribution in [2.45, 2.75) is 4.90 Å². The fourth-order valence-corrected chi connectivity index (χ4v) is 9.95. The Morgan fingerprint density at radius 3 is 1.26 bits per heavy atom. The molecular formula is C32H29O5PS. The molecule has 5 rings (SSSR count). The molecule has 39 heavy (non-hydrogen) atoms. The van der Waals surface area contributed by atoms with Crippen molar-refractivity contribution < 1.29 is 22.5 Å². The van der Waals surface area contributed by atoms with Crippen LogP contribution in [0, 0.1) is 0 Å². The predicted octanol–water partition coefficient (Wildman–Crippen LogP) is 4.76. The van der Waals surface area contributed by atoms with Gasteiger partial charge in [0.05, 0.1) is 17.6 Å². The van der Waals surface area contributed by atoms with Crippen molar-refractivity contribution >= 4 is 44.6 Å². The molecule has 5 aromatic carbocycles. The molecule has 5 nitrogen and oxygen atoms in total. The summed E-state index contributed by atoms with van der Waals surface area (Å²) in [5, 5.41) is 5.66. The van der Waals surface area contributed by atoms with Gasteiger partial charge < -0.3 is 4.74 Å². The summed E-state index contributed by atoms with van der Waals surface area (Å²) in [6.45, 7) is 0. The van der Waals surface area contributed by atoms with Crippen molar-refractivity contribution in [1.29, 1.82) is 0 Å². The minimum absolute atomic E-state index is 0.0719. The molecule has 1 N–H and O–H groups in total. The number of rotatable bonds is 6. The van der Waals surface area contributed by atoms with E-state index in [4.69, 9.17) is 4.55 Å². The Hall–Kier alpha value is -4.09. The first-order chi connectivity index (χ1) is 18.9. The topological polar surface area (TPSA) is 80.7 Å². The first-order valence-corrected chi connectivity index (χ1v) is 15.7. The third kappa shape index (κ3) is 6.32. The molecule has 0 amide bonds. The molecule has 0 fully saturated rings. The molecule has 0 spiro atoms. The van der Waals surface area contributed by atoms with E-state index in [1.165, 1.54) is 46.5 Å². The van der Waals surface area contributed by atoms with E-state index in [1.807, 2.05) is 0 Å². The van der Waals surface area contributed by atoms with Gasteiger partial charge in [0.25, 0.3) is 10.1 Å². The molecule has 0 unspecified atom stereocenters. The van der Waals surface area contributed by atoms with Crippen LogP contribution in [0.2, 0.25) is 0 Å². The summed E-state index contributed by atoms with van der Waals surface area (Å²) in [6.07, 6.45) is 0. The molecule has 7 heteroatoms.